The normalized spacial score (nSPS) is 15.8. The number of carbonyl (C=O) groups is 2. The van der Waals surface area contributed by atoms with E-state index in [1.54, 1.807) is 7.11 Å². The Bertz CT molecular complexity index is 1130. The van der Waals surface area contributed by atoms with E-state index in [-0.39, 0.29) is 11.3 Å². The van der Waals surface area contributed by atoms with Crippen molar-refractivity contribution >= 4 is 28.8 Å². The summed E-state index contributed by atoms with van der Waals surface area (Å²) in [5.41, 5.74) is 2.27. The molecule has 6 nitrogen and oxygen atoms in total. The first-order valence-electron chi connectivity index (χ1n) is 9.28. The van der Waals surface area contributed by atoms with Gasteiger partial charge in [0, 0.05) is 22.9 Å². The molecule has 0 saturated carbocycles. The fourth-order valence-corrected chi connectivity index (χ4v) is 4.18. The Morgan fingerprint density at radius 2 is 1.80 bits per heavy atom. The van der Waals surface area contributed by atoms with Crippen LogP contribution < -0.4 is 4.74 Å². The van der Waals surface area contributed by atoms with Gasteiger partial charge in [0.05, 0.1) is 12.8 Å². The van der Waals surface area contributed by atoms with Crippen molar-refractivity contribution in [3.63, 3.8) is 0 Å². The van der Waals surface area contributed by atoms with Crippen LogP contribution in [0.4, 0.5) is 0 Å². The highest BCUT2D eigenvalue weighted by atomic mass is 32.1. The molecule has 2 heterocycles. The first-order valence-corrected chi connectivity index (χ1v) is 10.1. The molecular formula is C23H19NO5S. The lowest BCUT2D eigenvalue weighted by atomic mass is 10.0. The van der Waals surface area contributed by atoms with E-state index in [1.165, 1.54) is 18.3 Å². The predicted octanol–water partition coefficient (Wildman–Crippen LogP) is 4.70. The molecule has 7 heteroatoms. The molecule has 152 valence electrons. The number of esters is 2. The molecule has 1 unspecified atom stereocenters. The van der Waals surface area contributed by atoms with Crippen LogP contribution in [-0.2, 0) is 19.1 Å². The van der Waals surface area contributed by atoms with E-state index < -0.39 is 18.0 Å². The van der Waals surface area contributed by atoms with Crippen LogP contribution in [-0.4, -0.2) is 24.0 Å². The fourth-order valence-electron chi connectivity index (χ4n) is 3.26. The molecule has 0 N–H and O–H groups in total. The highest BCUT2D eigenvalue weighted by molar-refractivity contribution is 7.15. The molecule has 0 saturated heterocycles. The molecule has 0 radical (unpaired) electrons. The monoisotopic (exact) mass is 421 g/mol. The minimum absolute atomic E-state index is 0.174. The first kappa shape index (κ1) is 19.8. The minimum atomic E-state index is -0.789. The zero-order valence-corrected chi connectivity index (χ0v) is 17.5. The second-order valence-corrected chi connectivity index (χ2v) is 7.88. The number of cyclic esters (lactones) is 1. The Morgan fingerprint density at radius 1 is 1.10 bits per heavy atom. The SMILES string of the molecule is COc1ccc(-c2nc(C3=C(OC(C)=O)C(c4ccccc4)OC3=O)c(C)s2)cc1. The maximum Gasteiger partial charge on any atom is 0.345 e. The number of hydrogen-bond acceptors (Lipinski definition) is 7. The molecule has 1 aliphatic heterocycles. The van der Waals surface area contributed by atoms with Gasteiger partial charge in [-0.15, -0.1) is 11.3 Å². The topological polar surface area (TPSA) is 74.7 Å². The van der Waals surface area contributed by atoms with Gasteiger partial charge < -0.3 is 14.2 Å². The summed E-state index contributed by atoms with van der Waals surface area (Å²) in [6.45, 7) is 3.17. The second-order valence-electron chi connectivity index (χ2n) is 6.68. The van der Waals surface area contributed by atoms with Gasteiger partial charge in [-0.2, -0.15) is 0 Å². The van der Waals surface area contributed by atoms with E-state index >= 15 is 0 Å². The molecule has 4 rings (SSSR count). The highest BCUT2D eigenvalue weighted by Crippen LogP contribution is 2.42. The highest BCUT2D eigenvalue weighted by Gasteiger charge is 2.40. The van der Waals surface area contributed by atoms with Crippen LogP contribution in [0.3, 0.4) is 0 Å². The van der Waals surface area contributed by atoms with Crippen LogP contribution in [0.2, 0.25) is 0 Å². The van der Waals surface area contributed by atoms with Gasteiger partial charge in [-0.25, -0.2) is 9.78 Å². The zero-order valence-electron chi connectivity index (χ0n) is 16.7. The number of methoxy groups -OCH3 is 1. The van der Waals surface area contributed by atoms with Crippen molar-refractivity contribution in [2.24, 2.45) is 0 Å². The minimum Gasteiger partial charge on any atom is -0.497 e. The summed E-state index contributed by atoms with van der Waals surface area (Å²) in [6, 6.07) is 16.7. The lowest BCUT2D eigenvalue weighted by molar-refractivity contribution is -0.143. The largest absolute Gasteiger partial charge is 0.497 e. The average Bonchev–Trinajstić information content (AvgIpc) is 3.27. The molecule has 0 amide bonds. The van der Waals surface area contributed by atoms with Crippen molar-refractivity contribution in [1.82, 2.24) is 4.98 Å². The summed E-state index contributed by atoms with van der Waals surface area (Å²) < 4.78 is 16.2. The van der Waals surface area contributed by atoms with E-state index in [9.17, 15) is 9.59 Å². The number of aromatic nitrogens is 1. The summed E-state index contributed by atoms with van der Waals surface area (Å²) in [5, 5.41) is 0.746. The molecule has 1 aliphatic rings. The lowest BCUT2D eigenvalue weighted by Crippen LogP contribution is -2.07. The zero-order chi connectivity index (χ0) is 21.3. The summed E-state index contributed by atoms with van der Waals surface area (Å²) in [7, 11) is 1.61. The van der Waals surface area contributed by atoms with Gasteiger partial charge in [-0.05, 0) is 31.2 Å². The molecule has 0 spiro atoms. The van der Waals surface area contributed by atoms with Crippen molar-refractivity contribution in [1.29, 1.82) is 0 Å². The van der Waals surface area contributed by atoms with Gasteiger partial charge in [0.15, 0.2) is 11.9 Å². The third-order valence-electron chi connectivity index (χ3n) is 4.64. The van der Waals surface area contributed by atoms with Crippen LogP contribution in [0.15, 0.2) is 60.4 Å². The van der Waals surface area contributed by atoms with E-state index in [0.29, 0.717) is 5.69 Å². The Balaban J connectivity index is 1.80. The van der Waals surface area contributed by atoms with Crippen molar-refractivity contribution in [3.8, 4) is 16.3 Å². The molecular weight excluding hydrogens is 402 g/mol. The molecule has 0 aliphatic carbocycles. The van der Waals surface area contributed by atoms with Crippen LogP contribution >= 0.6 is 11.3 Å². The number of hydrogen-bond donors (Lipinski definition) is 0. The van der Waals surface area contributed by atoms with Crippen molar-refractivity contribution in [2.75, 3.05) is 7.11 Å². The molecule has 3 aromatic rings. The van der Waals surface area contributed by atoms with E-state index in [0.717, 1.165) is 26.8 Å². The summed E-state index contributed by atoms with van der Waals surface area (Å²) >= 11 is 1.45. The third-order valence-corrected chi connectivity index (χ3v) is 5.66. The van der Waals surface area contributed by atoms with Gasteiger partial charge in [0.2, 0.25) is 0 Å². The Labute approximate surface area is 177 Å². The number of nitrogens with zero attached hydrogens (tertiary/aromatic N) is 1. The Kier molecular flexibility index (Phi) is 5.37. The van der Waals surface area contributed by atoms with Gasteiger partial charge in [0.25, 0.3) is 0 Å². The van der Waals surface area contributed by atoms with Crippen LogP contribution in [0, 0.1) is 6.92 Å². The Morgan fingerprint density at radius 3 is 2.43 bits per heavy atom. The van der Waals surface area contributed by atoms with Crippen LogP contribution in [0.1, 0.15) is 29.2 Å². The molecule has 1 aromatic heterocycles. The number of carbonyl (C=O) groups excluding carboxylic acids is 2. The predicted molar refractivity (Wildman–Crippen MR) is 113 cm³/mol. The van der Waals surface area contributed by atoms with Gasteiger partial charge in [-0.1, -0.05) is 30.3 Å². The molecule has 0 bridgehead atoms. The third kappa shape index (κ3) is 3.71. The van der Waals surface area contributed by atoms with Crippen LogP contribution in [0.25, 0.3) is 16.1 Å². The van der Waals surface area contributed by atoms with E-state index in [4.69, 9.17) is 14.2 Å². The van der Waals surface area contributed by atoms with Crippen molar-refractivity contribution < 1.29 is 23.8 Å². The van der Waals surface area contributed by atoms with Gasteiger partial charge in [0.1, 0.15) is 16.3 Å². The maximum atomic E-state index is 12.8. The second kappa shape index (κ2) is 8.12. The number of thiazole rings is 1. The Hall–Kier alpha value is -3.45. The molecule has 30 heavy (non-hydrogen) atoms. The summed E-state index contributed by atoms with van der Waals surface area (Å²) in [6.07, 6.45) is -0.789. The maximum absolute atomic E-state index is 12.8. The van der Waals surface area contributed by atoms with Gasteiger partial charge >= 0.3 is 11.9 Å². The smallest absolute Gasteiger partial charge is 0.345 e. The van der Waals surface area contributed by atoms with Crippen molar-refractivity contribution in [3.05, 3.63) is 76.5 Å². The molecule has 2 aromatic carbocycles. The summed E-state index contributed by atoms with van der Waals surface area (Å²) in [5.74, 6) is -0.162. The number of rotatable bonds is 5. The van der Waals surface area contributed by atoms with Gasteiger partial charge in [-0.3, -0.25) is 4.79 Å². The first-order chi connectivity index (χ1) is 14.5. The lowest BCUT2D eigenvalue weighted by Gasteiger charge is -2.13. The molecule has 1 atom stereocenters. The van der Waals surface area contributed by atoms with E-state index in [1.807, 2.05) is 61.5 Å². The molecule has 0 fully saturated rings. The van der Waals surface area contributed by atoms with Crippen molar-refractivity contribution in [2.45, 2.75) is 20.0 Å². The average molecular weight is 421 g/mol. The fraction of sp³-hybridized carbons (Fsp3) is 0.174. The van der Waals surface area contributed by atoms with E-state index in [2.05, 4.69) is 4.98 Å². The number of aryl methyl sites for hydroxylation is 1. The standard InChI is InChI=1S/C23H19NO5S/c1-13-19(24-22(30-13)16-9-11-17(27-3)12-10-16)18-21(28-14(2)25)20(29-23(18)26)15-7-5-4-6-8-15/h4-12,20H,1-3H3. The number of ether oxygens (including phenoxy) is 3. The van der Waals surface area contributed by atoms with Crippen LogP contribution in [0.5, 0.6) is 5.75 Å². The quantitative estimate of drug-likeness (QED) is 0.556. The number of benzene rings is 2. The summed E-state index contributed by atoms with van der Waals surface area (Å²) in [4.78, 5) is 30.1.